The summed E-state index contributed by atoms with van der Waals surface area (Å²) in [5.74, 6) is -0.0915. The topological polar surface area (TPSA) is 82.3 Å². The highest BCUT2D eigenvalue weighted by Crippen LogP contribution is 2.33. The van der Waals surface area contributed by atoms with Crippen LogP contribution >= 0.6 is 0 Å². The minimum absolute atomic E-state index is 0.0915. The Hall–Kier alpha value is -2.65. The van der Waals surface area contributed by atoms with Crippen molar-refractivity contribution in [1.82, 2.24) is 25.1 Å². The van der Waals surface area contributed by atoms with Gasteiger partial charge in [0.1, 0.15) is 11.2 Å². The first kappa shape index (κ1) is 13.0. The molecule has 1 aliphatic heterocycles. The number of rotatable bonds is 3. The molecule has 0 saturated carbocycles. The Bertz CT molecular complexity index is 864. The third-order valence-electron chi connectivity index (χ3n) is 4.67. The molecule has 0 aliphatic carbocycles. The van der Waals surface area contributed by atoms with Crippen LogP contribution in [0.3, 0.4) is 0 Å². The molecule has 0 bridgehead atoms. The Morgan fingerprint density at radius 2 is 2.27 bits per heavy atom. The second-order valence-corrected chi connectivity index (χ2v) is 5.83. The van der Waals surface area contributed by atoms with Gasteiger partial charge in [0.25, 0.3) is 0 Å². The van der Waals surface area contributed by atoms with E-state index in [-0.39, 0.29) is 11.5 Å². The minimum atomic E-state index is -0.239. The van der Waals surface area contributed by atoms with Crippen LogP contribution in [0, 0.1) is 17.2 Å². The highest BCUT2D eigenvalue weighted by molar-refractivity contribution is 5.92. The summed E-state index contributed by atoms with van der Waals surface area (Å²) < 4.78 is 1.95. The van der Waals surface area contributed by atoms with Crippen LogP contribution < -0.4 is 5.32 Å². The maximum absolute atomic E-state index is 9.30. The van der Waals surface area contributed by atoms with Gasteiger partial charge >= 0.3 is 0 Å². The van der Waals surface area contributed by atoms with Crippen molar-refractivity contribution in [3.63, 3.8) is 0 Å². The highest BCUT2D eigenvalue weighted by atomic mass is 15.4. The molecule has 0 aromatic carbocycles. The Kier molecular flexibility index (Phi) is 2.78. The summed E-state index contributed by atoms with van der Waals surface area (Å²) >= 11 is 0. The molecule has 4 rings (SSSR count). The summed E-state index contributed by atoms with van der Waals surface area (Å²) in [4.78, 5) is 7.44. The van der Waals surface area contributed by atoms with Crippen molar-refractivity contribution < 1.29 is 0 Å². The summed E-state index contributed by atoms with van der Waals surface area (Å²) in [7, 11) is 0. The van der Waals surface area contributed by atoms with E-state index < -0.39 is 0 Å². The fraction of sp³-hybridized carbons (Fsp3) is 0.312. The average molecular weight is 292 g/mol. The number of pyridine rings is 1. The third kappa shape index (κ3) is 1.69. The molecule has 22 heavy (non-hydrogen) atoms. The number of aromatic amines is 1. The summed E-state index contributed by atoms with van der Waals surface area (Å²) in [6.07, 6.45) is 7.59. The Labute approximate surface area is 127 Å². The summed E-state index contributed by atoms with van der Waals surface area (Å²) in [5.41, 5.74) is 2.78. The van der Waals surface area contributed by atoms with Crippen molar-refractivity contribution in [2.24, 2.45) is 5.92 Å². The molecule has 6 heteroatoms. The summed E-state index contributed by atoms with van der Waals surface area (Å²) in [6, 6.07) is 6.38. The van der Waals surface area contributed by atoms with Crippen molar-refractivity contribution in [2.45, 2.75) is 12.5 Å². The molecular weight excluding hydrogens is 276 g/mol. The summed E-state index contributed by atoms with van der Waals surface area (Å²) in [5, 5.41) is 18.2. The number of hydrogen-bond donors (Lipinski definition) is 2. The third-order valence-corrected chi connectivity index (χ3v) is 4.67. The first-order valence-electron chi connectivity index (χ1n) is 7.32. The van der Waals surface area contributed by atoms with Crippen LogP contribution in [-0.4, -0.2) is 32.8 Å². The van der Waals surface area contributed by atoms with Crippen LogP contribution in [0.1, 0.15) is 6.92 Å². The largest absolute Gasteiger partial charge is 0.346 e. The maximum Gasteiger partial charge on any atom is 0.137 e. The molecule has 1 fully saturated rings. The van der Waals surface area contributed by atoms with Crippen molar-refractivity contribution in [3.05, 3.63) is 36.9 Å². The van der Waals surface area contributed by atoms with E-state index in [4.69, 9.17) is 0 Å². The molecule has 0 spiro atoms. The van der Waals surface area contributed by atoms with E-state index in [1.165, 1.54) is 0 Å². The van der Waals surface area contributed by atoms with Crippen molar-refractivity contribution in [1.29, 1.82) is 5.26 Å². The van der Waals surface area contributed by atoms with Gasteiger partial charge in [0.05, 0.1) is 18.2 Å². The zero-order chi connectivity index (χ0) is 15.2. The quantitative estimate of drug-likeness (QED) is 0.772. The smallest absolute Gasteiger partial charge is 0.137 e. The molecule has 1 unspecified atom stereocenters. The van der Waals surface area contributed by atoms with E-state index in [0.717, 1.165) is 35.2 Å². The normalized spacial score (nSPS) is 17.8. The molecular formula is C16H16N6. The van der Waals surface area contributed by atoms with E-state index in [9.17, 15) is 5.26 Å². The van der Waals surface area contributed by atoms with Crippen LogP contribution in [0.2, 0.25) is 0 Å². The molecule has 1 saturated heterocycles. The Morgan fingerprint density at radius 1 is 1.41 bits per heavy atom. The summed E-state index contributed by atoms with van der Waals surface area (Å²) in [6.45, 7) is 3.51. The van der Waals surface area contributed by atoms with Gasteiger partial charge in [-0.3, -0.25) is 4.68 Å². The van der Waals surface area contributed by atoms with Crippen LogP contribution in [0.4, 0.5) is 0 Å². The number of hydrogen-bond acceptors (Lipinski definition) is 4. The molecule has 2 N–H and O–H groups in total. The molecule has 1 atom stereocenters. The number of nitriles is 1. The van der Waals surface area contributed by atoms with Gasteiger partial charge in [-0.1, -0.05) is 0 Å². The van der Waals surface area contributed by atoms with Gasteiger partial charge in [-0.05, 0) is 24.6 Å². The zero-order valence-corrected chi connectivity index (χ0v) is 12.2. The molecule has 110 valence electrons. The van der Waals surface area contributed by atoms with Gasteiger partial charge in [-0.2, -0.15) is 10.4 Å². The zero-order valence-electron chi connectivity index (χ0n) is 12.2. The van der Waals surface area contributed by atoms with E-state index in [1.807, 2.05) is 42.3 Å². The molecule has 6 nitrogen and oxygen atoms in total. The van der Waals surface area contributed by atoms with Crippen LogP contribution in [0.15, 0.2) is 36.9 Å². The molecule has 0 amide bonds. The predicted octanol–water partition coefficient (Wildman–Crippen LogP) is 1.88. The van der Waals surface area contributed by atoms with Crippen molar-refractivity contribution in [2.75, 3.05) is 13.1 Å². The van der Waals surface area contributed by atoms with Crippen LogP contribution in [-0.2, 0) is 5.54 Å². The van der Waals surface area contributed by atoms with Gasteiger partial charge in [-0.25, -0.2) is 4.98 Å². The lowest BCUT2D eigenvalue weighted by atomic mass is 9.81. The van der Waals surface area contributed by atoms with Gasteiger partial charge < -0.3 is 10.3 Å². The molecule has 3 aromatic heterocycles. The van der Waals surface area contributed by atoms with Gasteiger partial charge in [0.15, 0.2) is 0 Å². The average Bonchev–Trinajstić information content (AvgIpc) is 3.14. The van der Waals surface area contributed by atoms with Crippen LogP contribution in [0.25, 0.3) is 22.2 Å². The lowest BCUT2D eigenvalue weighted by Crippen LogP contribution is -2.64. The van der Waals surface area contributed by atoms with Crippen LogP contribution in [0.5, 0.6) is 0 Å². The second kappa shape index (κ2) is 4.68. The standard InChI is InChI=1S/C16H16N6/c1-11(6-17)16(9-18-10-16)22-8-12(7-21-22)13-2-4-19-15-14(13)3-5-20-15/h2-5,7-8,11,18H,9-10H2,1H3,(H,19,20). The fourth-order valence-corrected chi connectivity index (χ4v) is 3.09. The van der Waals surface area contributed by atoms with Gasteiger partial charge in [-0.15, -0.1) is 0 Å². The van der Waals surface area contributed by atoms with E-state index in [1.54, 1.807) is 6.20 Å². The molecule has 4 heterocycles. The lowest BCUT2D eigenvalue weighted by molar-refractivity contribution is 0.112. The minimum Gasteiger partial charge on any atom is -0.346 e. The highest BCUT2D eigenvalue weighted by Gasteiger charge is 2.45. The first-order valence-corrected chi connectivity index (χ1v) is 7.32. The van der Waals surface area contributed by atoms with E-state index >= 15 is 0 Å². The van der Waals surface area contributed by atoms with E-state index in [0.29, 0.717) is 0 Å². The fourth-order valence-electron chi connectivity index (χ4n) is 3.09. The monoisotopic (exact) mass is 292 g/mol. The first-order chi connectivity index (χ1) is 10.7. The van der Waals surface area contributed by atoms with Gasteiger partial charge in [0, 0.05) is 42.6 Å². The SMILES string of the molecule is CC(C#N)C1(n2cc(-c3ccnc4[nH]ccc34)cn2)CNC1. The number of aromatic nitrogens is 4. The second-order valence-electron chi connectivity index (χ2n) is 5.83. The molecule has 0 radical (unpaired) electrons. The maximum atomic E-state index is 9.30. The number of fused-ring (bicyclic) bond motifs is 1. The van der Waals surface area contributed by atoms with Crippen molar-refractivity contribution in [3.8, 4) is 17.2 Å². The predicted molar refractivity (Wildman–Crippen MR) is 82.9 cm³/mol. The van der Waals surface area contributed by atoms with Gasteiger partial charge in [0.2, 0.25) is 0 Å². The number of nitrogens with one attached hydrogen (secondary N) is 2. The molecule has 3 aromatic rings. The Morgan fingerprint density at radius 3 is 3.00 bits per heavy atom. The number of nitrogens with zero attached hydrogens (tertiary/aromatic N) is 4. The van der Waals surface area contributed by atoms with Crippen molar-refractivity contribution >= 4 is 11.0 Å². The molecule has 1 aliphatic rings. The lowest BCUT2D eigenvalue weighted by Gasteiger charge is -2.44. The van der Waals surface area contributed by atoms with E-state index in [2.05, 4.69) is 26.5 Å². The Balaban J connectivity index is 1.79. The number of H-pyrrole nitrogens is 1.